The van der Waals surface area contributed by atoms with E-state index < -0.39 is 0 Å². The minimum Gasteiger partial charge on any atom is -0.274 e. The third-order valence-electron chi connectivity index (χ3n) is 3.93. The van der Waals surface area contributed by atoms with Crippen LogP contribution in [-0.4, -0.2) is 11.8 Å². The Bertz CT molecular complexity index is 473. The molecule has 1 saturated heterocycles. The maximum atomic E-state index is 12.3. The molecule has 0 aromatic heterocycles. The number of halogens is 1. The third-order valence-corrected chi connectivity index (χ3v) is 4.65. The molecule has 94 valence electrons. The number of rotatable bonds is 1. The van der Waals surface area contributed by atoms with Crippen LogP contribution >= 0.6 is 22.6 Å². The molecule has 1 aromatic carbocycles. The summed E-state index contributed by atoms with van der Waals surface area (Å²) < 4.78 is 1.10. The molecule has 4 heteroatoms. The van der Waals surface area contributed by atoms with Crippen molar-refractivity contribution in [2.24, 2.45) is 11.8 Å². The molecule has 1 aromatic rings. The fourth-order valence-corrected chi connectivity index (χ4v) is 3.37. The smallest absolute Gasteiger partial charge is 0.237 e. The van der Waals surface area contributed by atoms with E-state index in [-0.39, 0.29) is 23.7 Å². The van der Waals surface area contributed by atoms with Crippen LogP contribution in [0.5, 0.6) is 0 Å². The van der Waals surface area contributed by atoms with Crippen LogP contribution in [0.25, 0.3) is 0 Å². The van der Waals surface area contributed by atoms with Gasteiger partial charge in [-0.3, -0.25) is 14.5 Å². The zero-order chi connectivity index (χ0) is 12.7. The highest BCUT2D eigenvalue weighted by molar-refractivity contribution is 14.1. The van der Waals surface area contributed by atoms with Crippen LogP contribution in [0.3, 0.4) is 0 Å². The van der Waals surface area contributed by atoms with Gasteiger partial charge in [-0.2, -0.15) is 0 Å². The number of carbonyl (C=O) groups excluding carboxylic acids is 2. The Morgan fingerprint density at radius 1 is 0.944 bits per heavy atom. The molecule has 0 spiro atoms. The molecule has 1 saturated carbocycles. The molecule has 2 amide bonds. The van der Waals surface area contributed by atoms with Crippen LogP contribution in [0, 0.1) is 15.4 Å². The van der Waals surface area contributed by atoms with Crippen LogP contribution in [0.2, 0.25) is 0 Å². The van der Waals surface area contributed by atoms with Crippen LogP contribution in [0.15, 0.2) is 24.3 Å². The molecule has 2 atom stereocenters. The van der Waals surface area contributed by atoms with Crippen molar-refractivity contribution < 1.29 is 9.59 Å². The molecule has 2 fully saturated rings. The van der Waals surface area contributed by atoms with Crippen molar-refractivity contribution in [2.45, 2.75) is 25.7 Å². The summed E-state index contributed by atoms with van der Waals surface area (Å²) in [6.07, 6.45) is 3.88. The predicted molar refractivity (Wildman–Crippen MR) is 77.1 cm³/mol. The lowest BCUT2D eigenvalue weighted by molar-refractivity contribution is -0.122. The van der Waals surface area contributed by atoms with E-state index in [1.54, 1.807) is 0 Å². The van der Waals surface area contributed by atoms with E-state index in [1.165, 1.54) is 4.90 Å². The molecule has 0 bridgehead atoms. The topological polar surface area (TPSA) is 37.4 Å². The second-order valence-corrected chi connectivity index (χ2v) is 6.23. The van der Waals surface area contributed by atoms with Crippen LogP contribution in [-0.2, 0) is 9.59 Å². The molecular weight excluding hydrogens is 341 g/mol. The highest BCUT2D eigenvalue weighted by Crippen LogP contribution is 2.39. The Balaban J connectivity index is 1.95. The molecule has 1 aliphatic carbocycles. The van der Waals surface area contributed by atoms with E-state index in [1.807, 2.05) is 24.3 Å². The summed E-state index contributed by atoms with van der Waals surface area (Å²) in [7, 11) is 0. The molecule has 0 radical (unpaired) electrons. The number of anilines is 1. The fourth-order valence-electron chi connectivity index (χ4n) is 3.01. The van der Waals surface area contributed by atoms with Gasteiger partial charge in [-0.05, 0) is 59.7 Å². The van der Waals surface area contributed by atoms with Gasteiger partial charge in [-0.1, -0.05) is 12.8 Å². The number of imide groups is 1. The zero-order valence-electron chi connectivity index (χ0n) is 9.93. The lowest BCUT2D eigenvalue weighted by Gasteiger charge is -2.19. The minimum atomic E-state index is -0.0643. The molecule has 0 unspecified atom stereocenters. The number of benzene rings is 1. The molecule has 3 rings (SSSR count). The largest absolute Gasteiger partial charge is 0.274 e. The maximum Gasteiger partial charge on any atom is 0.237 e. The Hall–Kier alpha value is -0.910. The van der Waals surface area contributed by atoms with Crippen molar-refractivity contribution in [1.82, 2.24) is 0 Å². The lowest BCUT2D eigenvalue weighted by Crippen LogP contribution is -2.30. The molecule has 3 nitrogen and oxygen atoms in total. The van der Waals surface area contributed by atoms with Crippen molar-refractivity contribution in [3.8, 4) is 0 Å². The van der Waals surface area contributed by atoms with Crippen molar-refractivity contribution in [3.05, 3.63) is 27.8 Å². The second-order valence-electron chi connectivity index (χ2n) is 4.99. The normalized spacial score (nSPS) is 27.5. The summed E-state index contributed by atoms with van der Waals surface area (Å²) in [5.74, 6) is -0.118. The summed E-state index contributed by atoms with van der Waals surface area (Å²) >= 11 is 2.21. The average Bonchev–Trinajstić information content (AvgIpc) is 2.64. The number of carbonyl (C=O) groups is 2. The van der Waals surface area contributed by atoms with Gasteiger partial charge in [0.15, 0.2) is 0 Å². The first-order chi connectivity index (χ1) is 8.68. The molecular formula is C14H14INO2. The SMILES string of the molecule is O=C1[C@H]2CCCC[C@@H]2C(=O)N1c1ccc(I)cc1. The number of hydrogen-bond acceptors (Lipinski definition) is 2. The van der Waals surface area contributed by atoms with Gasteiger partial charge in [0.05, 0.1) is 17.5 Å². The fraction of sp³-hybridized carbons (Fsp3) is 0.429. The number of fused-ring (bicyclic) bond motifs is 1. The quantitative estimate of drug-likeness (QED) is 0.574. The van der Waals surface area contributed by atoms with Gasteiger partial charge in [-0.25, -0.2) is 0 Å². The summed E-state index contributed by atoms with van der Waals surface area (Å²) in [6.45, 7) is 0. The Morgan fingerprint density at radius 3 is 1.94 bits per heavy atom. The van der Waals surface area contributed by atoms with E-state index in [4.69, 9.17) is 0 Å². The first-order valence-electron chi connectivity index (χ1n) is 6.32. The molecule has 1 aliphatic heterocycles. The average molecular weight is 355 g/mol. The molecule has 1 heterocycles. The predicted octanol–water partition coefficient (Wildman–Crippen LogP) is 2.97. The third kappa shape index (κ3) is 1.86. The van der Waals surface area contributed by atoms with Crippen molar-refractivity contribution >= 4 is 40.1 Å². The summed E-state index contributed by atoms with van der Waals surface area (Å²) in [5, 5.41) is 0. The van der Waals surface area contributed by atoms with Gasteiger partial charge >= 0.3 is 0 Å². The summed E-state index contributed by atoms with van der Waals surface area (Å²) in [4.78, 5) is 26.1. The van der Waals surface area contributed by atoms with Crippen molar-refractivity contribution in [1.29, 1.82) is 0 Å². The van der Waals surface area contributed by atoms with Crippen LogP contribution in [0.1, 0.15) is 25.7 Å². The first-order valence-corrected chi connectivity index (χ1v) is 7.40. The monoisotopic (exact) mass is 355 g/mol. The van der Waals surface area contributed by atoms with Gasteiger partial charge in [0, 0.05) is 3.57 Å². The van der Waals surface area contributed by atoms with Gasteiger partial charge in [0.1, 0.15) is 0 Å². The molecule has 2 aliphatic rings. The van der Waals surface area contributed by atoms with Crippen molar-refractivity contribution in [2.75, 3.05) is 4.90 Å². The highest BCUT2D eigenvalue weighted by atomic mass is 127. The second kappa shape index (κ2) is 4.64. The van der Waals surface area contributed by atoms with Gasteiger partial charge in [-0.15, -0.1) is 0 Å². The lowest BCUT2D eigenvalue weighted by atomic mass is 9.81. The Kier molecular flexibility index (Phi) is 3.13. The van der Waals surface area contributed by atoms with E-state index in [2.05, 4.69) is 22.6 Å². The van der Waals surface area contributed by atoms with Gasteiger partial charge < -0.3 is 0 Å². The first kappa shape index (κ1) is 12.1. The van der Waals surface area contributed by atoms with E-state index >= 15 is 0 Å². The summed E-state index contributed by atoms with van der Waals surface area (Å²) in [5.41, 5.74) is 0.722. The zero-order valence-corrected chi connectivity index (χ0v) is 12.1. The van der Waals surface area contributed by atoms with E-state index in [9.17, 15) is 9.59 Å². The van der Waals surface area contributed by atoms with Crippen LogP contribution < -0.4 is 4.90 Å². The number of hydrogen-bond donors (Lipinski definition) is 0. The standard InChI is InChI=1S/C14H14INO2/c15-9-5-7-10(8-6-9)16-13(17)11-3-1-2-4-12(11)14(16)18/h5-8,11-12H,1-4H2/t11-,12-/m0/s1. The Labute approximate surface area is 120 Å². The van der Waals surface area contributed by atoms with Crippen molar-refractivity contribution in [3.63, 3.8) is 0 Å². The number of nitrogens with zero attached hydrogens (tertiary/aromatic N) is 1. The molecule has 18 heavy (non-hydrogen) atoms. The van der Waals surface area contributed by atoms with E-state index in [0.717, 1.165) is 34.9 Å². The highest BCUT2D eigenvalue weighted by Gasteiger charge is 2.48. The minimum absolute atomic E-state index is 0.00547. The van der Waals surface area contributed by atoms with Gasteiger partial charge in [0.2, 0.25) is 11.8 Å². The Morgan fingerprint density at radius 2 is 1.44 bits per heavy atom. The number of amides is 2. The molecule has 0 N–H and O–H groups in total. The van der Waals surface area contributed by atoms with E-state index in [0.29, 0.717) is 0 Å². The summed E-state index contributed by atoms with van der Waals surface area (Å²) in [6, 6.07) is 7.57. The van der Waals surface area contributed by atoms with Gasteiger partial charge in [0.25, 0.3) is 0 Å². The maximum absolute atomic E-state index is 12.3. The van der Waals surface area contributed by atoms with Crippen LogP contribution in [0.4, 0.5) is 5.69 Å².